The van der Waals surface area contributed by atoms with Gasteiger partial charge in [-0.05, 0) is 18.2 Å². The number of nitrogens with zero attached hydrogens (tertiary/aromatic N) is 2. The minimum absolute atomic E-state index is 0.182. The van der Waals surface area contributed by atoms with Crippen LogP contribution in [0.5, 0.6) is 0 Å². The molecule has 20 heavy (non-hydrogen) atoms. The number of benzene rings is 1. The minimum Gasteiger partial charge on any atom is -0.464 e. The molecule has 0 aliphatic carbocycles. The van der Waals surface area contributed by atoms with Gasteiger partial charge in [0.15, 0.2) is 5.69 Å². The number of hydrogen-bond acceptors (Lipinski definition) is 3. The maximum atomic E-state index is 11.7. The van der Waals surface area contributed by atoms with Crippen LogP contribution < -0.4 is 0 Å². The van der Waals surface area contributed by atoms with Gasteiger partial charge >= 0.3 is 5.97 Å². The summed E-state index contributed by atoms with van der Waals surface area (Å²) in [6, 6.07) is 9.14. The molecule has 0 aliphatic heterocycles. The summed E-state index contributed by atoms with van der Waals surface area (Å²) in [6.07, 6.45) is 0. The highest BCUT2D eigenvalue weighted by Crippen LogP contribution is 2.29. The molecule has 0 saturated carbocycles. The third-order valence-corrected chi connectivity index (χ3v) is 3.27. The van der Waals surface area contributed by atoms with Gasteiger partial charge in [0.2, 0.25) is 0 Å². The number of ether oxygens (including phenoxy) is 1. The Morgan fingerprint density at radius 2 is 1.95 bits per heavy atom. The monoisotopic (exact) mass is 292 g/mol. The molecule has 106 valence electrons. The summed E-state index contributed by atoms with van der Waals surface area (Å²) in [4.78, 5) is 11.7. The Labute approximate surface area is 123 Å². The van der Waals surface area contributed by atoms with Crippen LogP contribution in [-0.4, -0.2) is 22.9 Å². The van der Waals surface area contributed by atoms with E-state index in [4.69, 9.17) is 16.3 Å². The largest absolute Gasteiger partial charge is 0.464 e. The zero-order valence-electron chi connectivity index (χ0n) is 12.0. The van der Waals surface area contributed by atoms with Crippen molar-refractivity contribution in [2.45, 2.75) is 26.2 Å². The fraction of sp³-hybridized carbons (Fsp3) is 0.333. The van der Waals surface area contributed by atoms with E-state index in [1.807, 2.05) is 18.2 Å². The molecule has 1 heterocycles. The molecule has 0 bridgehead atoms. The third-order valence-electron chi connectivity index (χ3n) is 2.95. The summed E-state index contributed by atoms with van der Waals surface area (Å²) in [5.74, 6) is -0.457. The fourth-order valence-corrected chi connectivity index (χ4v) is 2.14. The van der Waals surface area contributed by atoms with Gasteiger partial charge in [0.05, 0.1) is 23.5 Å². The zero-order valence-corrected chi connectivity index (χ0v) is 12.7. The van der Waals surface area contributed by atoms with Crippen molar-refractivity contribution in [3.8, 4) is 5.69 Å². The summed E-state index contributed by atoms with van der Waals surface area (Å²) in [5, 5.41) is 4.92. The van der Waals surface area contributed by atoms with Crippen LogP contribution in [-0.2, 0) is 10.2 Å². The first-order chi connectivity index (χ1) is 9.34. The number of halogens is 1. The minimum atomic E-state index is -0.457. The number of methoxy groups -OCH3 is 1. The quantitative estimate of drug-likeness (QED) is 0.794. The Kier molecular flexibility index (Phi) is 3.86. The standard InChI is InChI=1S/C15H17ClN2O2/c1-15(2,3)13-9-11(14(19)20-4)17-18(13)12-8-6-5-7-10(12)16/h5-9H,1-4H3. The lowest BCUT2D eigenvalue weighted by atomic mass is 9.91. The van der Waals surface area contributed by atoms with Gasteiger partial charge in [-0.25, -0.2) is 9.48 Å². The number of carbonyl (C=O) groups excluding carboxylic acids is 1. The Morgan fingerprint density at radius 1 is 1.30 bits per heavy atom. The van der Waals surface area contributed by atoms with Crippen LogP contribution >= 0.6 is 11.6 Å². The van der Waals surface area contributed by atoms with Crippen molar-refractivity contribution in [1.29, 1.82) is 0 Å². The Bertz CT molecular complexity index is 642. The van der Waals surface area contributed by atoms with E-state index in [9.17, 15) is 4.79 Å². The van der Waals surface area contributed by atoms with E-state index in [1.54, 1.807) is 16.8 Å². The molecule has 0 saturated heterocycles. The van der Waals surface area contributed by atoms with Crippen molar-refractivity contribution in [3.05, 3.63) is 46.7 Å². The molecule has 4 nitrogen and oxygen atoms in total. The predicted molar refractivity (Wildman–Crippen MR) is 78.6 cm³/mol. The molecule has 0 aliphatic rings. The lowest BCUT2D eigenvalue weighted by Gasteiger charge is -2.20. The van der Waals surface area contributed by atoms with Crippen molar-refractivity contribution in [2.24, 2.45) is 0 Å². The van der Waals surface area contributed by atoms with Gasteiger partial charge in [0, 0.05) is 5.41 Å². The highest BCUT2D eigenvalue weighted by molar-refractivity contribution is 6.32. The number of para-hydroxylation sites is 1. The van der Waals surface area contributed by atoms with E-state index < -0.39 is 5.97 Å². The smallest absolute Gasteiger partial charge is 0.358 e. The molecule has 1 aromatic carbocycles. The second-order valence-electron chi connectivity index (χ2n) is 5.52. The first kappa shape index (κ1) is 14.6. The van der Waals surface area contributed by atoms with Gasteiger partial charge in [-0.3, -0.25) is 0 Å². The SMILES string of the molecule is COC(=O)c1cc(C(C)(C)C)n(-c2ccccc2Cl)n1. The first-order valence-electron chi connectivity index (χ1n) is 6.28. The fourth-order valence-electron chi connectivity index (χ4n) is 1.93. The topological polar surface area (TPSA) is 44.1 Å². The van der Waals surface area contributed by atoms with Crippen molar-refractivity contribution in [3.63, 3.8) is 0 Å². The summed E-state index contributed by atoms with van der Waals surface area (Å²) in [5.41, 5.74) is 1.73. The summed E-state index contributed by atoms with van der Waals surface area (Å²) in [7, 11) is 1.34. The molecule has 2 rings (SSSR count). The highest BCUT2D eigenvalue weighted by Gasteiger charge is 2.25. The Hall–Kier alpha value is -1.81. The maximum absolute atomic E-state index is 11.7. The molecular formula is C15H17ClN2O2. The van der Waals surface area contributed by atoms with Gasteiger partial charge in [-0.1, -0.05) is 44.5 Å². The van der Waals surface area contributed by atoms with Crippen molar-refractivity contribution in [1.82, 2.24) is 9.78 Å². The number of hydrogen-bond donors (Lipinski definition) is 0. The summed E-state index contributed by atoms with van der Waals surface area (Å²) in [6.45, 7) is 6.16. The average Bonchev–Trinajstić information content (AvgIpc) is 2.83. The normalized spacial score (nSPS) is 11.4. The van der Waals surface area contributed by atoms with E-state index in [2.05, 4.69) is 25.9 Å². The molecule has 2 aromatic rings. The Morgan fingerprint density at radius 3 is 2.50 bits per heavy atom. The van der Waals surface area contributed by atoms with E-state index in [-0.39, 0.29) is 11.1 Å². The second-order valence-corrected chi connectivity index (χ2v) is 5.93. The number of aromatic nitrogens is 2. The molecule has 5 heteroatoms. The number of esters is 1. The lowest BCUT2D eigenvalue weighted by molar-refractivity contribution is 0.0593. The predicted octanol–water partition coefficient (Wildman–Crippen LogP) is 3.61. The highest BCUT2D eigenvalue weighted by atomic mass is 35.5. The van der Waals surface area contributed by atoms with Crippen LogP contribution in [0.25, 0.3) is 5.69 Å². The first-order valence-corrected chi connectivity index (χ1v) is 6.66. The molecule has 0 N–H and O–H groups in total. The number of rotatable bonds is 2. The van der Waals surface area contributed by atoms with Crippen molar-refractivity contribution in [2.75, 3.05) is 7.11 Å². The molecule has 0 spiro atoms. The summed E-state index contributed by atoms with van der Waals surface area (Å²) >= 11 is 6.23. The molecule has 0 fully saturated rings. The molecular weight excluding hydrogens is 276 g/mol. The van der Waals surface area contributed by atoms with Gasteiger partial charge in [-0.2, -0.15) is 5.10 Å². The van der Waals surface area contributed by atoms with Gasteiger partial charge in [0.1, 0.15) is 0 Å². The van der Waals surface area contributed by atoms with Gasteiger partial charge in [0.25, 0.3) is 0 Å². The van der Waals surface area contributed by atoms with Crippen LogP contribution in [0.15, 0.2) is 30.3 Å². The molecule has 0 radical (unpaired) electrons. The van der Waals surface area contributed by atoms with Crippen LogP contribution in [0.3, 0.4) is 0 Å². The van der Waals surface area contributed by atoms with Gasteiger partial charge in [-0.15, -0.1) is 0 Å². The van der Waals surface area contributed by atoms with Crippen LogP contribution in [0, 0.1) is 0 Å². The number of carbonyl (C=O) groups is 1. The second kappa shape index (κ2) is 5.29. The molecule has 0 atom stereocenters. The van der Waals surface area contributed by atoms with Gasteiger partial charge < -0.3 is 4.74 Å². The average molecular weight is 293 g/mol. The molecule has 0 unspecified atom stereocenters. The van der Waals surface area contributed by atoms with Crippen LogP contribution in [0.4, 0.5) is 0 Å². The third kappa shape index (κ3) is 2.70. The lowest BCUT2D eigenvalue weighted by Crippen LogP contribution is -2.17. The van der Waals surface area contributed by atoms with E-state index >= 15 is 0 Å². The van der Waals surface area contributed by atoms with Crippen LogP contribution in [0.1, 0.15) is 37.0 Å². The maximum Gasteiger partial charge on any atom is 0.358 e. The van der Waals surface area contributed by atoms with Crippen LogP contribution in [0.2, 0.25) is 5.02 Å². The van der Waals surface area contributed by atoms with Crippen molar-refractivity contribution >= 4 is 17.6 Å². The molecule has 0 amide bonds. The van der Waals surface area contributed by atoms with E-state index in [1.165, 1.54) is 7.11 Å². The zero-order chi connectivity index (χ0) is 14.9. The Balaban J connectivity index is 2.65. The van der Waals surface area contributed by atoms with Crippen molar-refractivity contribution < 1.29 is 9.53 Å². The summed E-state index contributed by atoms with van der Waals surface area (Å²) < 4.78 is 6.44. The van der Waals surface area contributed by atoms with E-state index in [0.717, 1.165) is 11.4 Å². The van der Waals surface area contributed by atoms with E-state index in [0.29, 0.717) is 5.02 Å². The molecule has 1 aromatic heterocycles.